The fraction of sp³-hybridized carbons (Fsp3) is 0.100. The number of ether oxygens (including phenoxy) is 2. The van der Waals surface area contributed by atoms with Gasteiger partial charge < -0.3 is 13.9 Å². The van der Waals surface area contributed by atoms with E-state index in [1.807, 2.05) is 60.7 Å². The van der Waals surface area contributed by atoms with Crippen molar-refractivity contribution >= 4 is 26.7 Å². The summed E-state index contributed by atoms with van der Waals surface area (Å²) >= 11 is 3.48. The van der Waals surface area contributed by atoms with E-state index < -0.39 is 0 Å². The quantitative estimate of drug-likeness (QED) is 0.450. The number of fused-ring (bicyclic) bond motifs is 1. The molecule has 0 aliphatic rings. The molecule has 0 aliphatic carbocycles. The maximum absolute atomic E-state index is 5.80. The van der Waals surface area contributed by atoms with Gasteiger partial charge in [-0.15, -0.1) is 10.2 Å². The van der Waals surface area contributed by atoms with Gasteiger partial charge in [0.1, 0.15) is 11.5 Å². The summed E-state index contributed by atoms with van der Waals surface area (Å²) in [7, 11) is 1.65. The first-order valence-electron chi connectivity index (χ1n) is 8.01. The zero-order valence-electron chi connectivity index (χ0n) is 14.0. The molecule has 1 heterocycles. The fourth-order valence-corrected chi connectivity index (χ4v) is 3.07. The molecule has 6 heteroatoms. The Hall–Kier alpha value is -2.86. The SMILES string of the molecule is COc1ccc2ccc(OCc3nnc(-c4ccccc4Br)o3)cc2c1. The van der Waals surface area contributed by atoms with Crippen molar-refractivity contribution in [3.05, 3.63) is 71.0 Å². The summed E-state index contributed by atoms with van der Waals surface area (Å²) in [5.74, 6) is 2.41. The Morgan fingerprint density at radius 3 is 2.50 bits per heavy atom. The van der Waals surface area contributed by atoms with Crippen LogP contribution in [0.1, 0.15) is 5.89 Å². The summed E-state index contributed by atoms with van der Waals surface area (Å²) in [6.45, 7) is 0.201. The third-order valence-electron chi connectivity index (χ3n) is 3.95. The van der Waals surface area contributed by atoms with E-state index in [0.29, 0.717) is 11.8 Å². The van der Waals surface area contributed by atoms with Gasteiger partial charge >= 0.3 is 0 Å². The average molecular weight is 411 g/mol. The summed E-state index contributed by atoms with van der Waals surface area (Å²) in [6.07, 6.45) is 0. The van der Waals surface area contributed by atoms with Gasteiger partial charge in [-0.05, 0) is 63.1 Å². The van der Waals surface area contributed by atoms with Crippen LogP contribution in [-0.4, -0.2) is 17.3 Å². The minimum atomic E-state index is 0.201. The van der Waals surface area contributed by atoms with Gasteiger partial charge in [-0.25, -0.2) is 0 Å². The Morgan fingerprint density at radius 1 is 0.923 bits per heavy atom. The topological polar surface area (TPSA) is 57.4 Å². The molecule has 0 unspecified atom stereocenters. The van der Waals surface area contributed by atoms with Gasteiger partial charge in [-0.2, -0.15) is 0 Å². The lowest BCUT2D eigenvalue weighted by Gasteiger charge is -2.06. The maximum Gasteiger partial charge on any atom is 0.254 e. The molecule has 4 aromatic rings. The van der Waals surface area contributed by atoms with Crippen molar-refractivity contribution in [1.82, 2.24) is 10.2 Å². The van der Waals surface area contributed by atoms with Crippen molar-refractivity contribution in [2.75, 3.05) is 7.11 Å². The second-order valence-electron chi connectivity index (χ2n) is 5.64. The van der Waals surface area contributed by atoms with E-state index in [4.69, 9.17) is 13.9 Å². The van der Waals surface area contributed by atoms with Gasteiger partial charge in [0.05, 0.1) is 12.7 Å². The minimum absolute atomic E-state index is 0.201. The van der Waals surface area contributed by atoms with Gasteiger partial charge in [0.2, 0.25) is 5.89 Å². The first kappa shape index (κ1) is 16.6. The Morgan fingerprint density at radius 2 is 1.69 bits per heavy atom. The van der Waals surface area contributed by atoms with Gasteiger partial charge in [0.15, 0.2) is 6.61 Å². The van der Waals surface area contributed by atoms with Crippen molar-refractivity contribution < 1.29 is 13.9 Å². The summed E-state index contributed by atoms with van der Waals surface area (Å²) in [5, 5.41) is 10.3. The lowest BCUT2D eigenvalue weighted by atomic mass is 10.1. The summed E-state index contributed by atoms with van der Waals surface area (Å²) < 4.78 is 17.7. The predicted molar refractivity (Wildman–Crippen MR) is 102 cm³/mol. The molecule has 0 radical (unpaired) electrons. The highest BCUT2D eigenvalue weighted by atomic mass is 79.9. The molecule has 0 atom stereocenters. The highest BCUT2D eigenvalue weighted by Crippen LogP contribution is 2.28. The highest BCUT2D eigenvalue weighted by molar-refractivity contribution is 9.10. The van der Waals surface area contributed by atoms with E-state index >= 15 is 0 Å². The lowest BCUT2D eigenvalue weighted by molar-refractivity contribution is 0.265. The summed E-state index contributed by atoms with van der Waals surface area (Å²) in [5.41, 5.74) is 0.851. The smallest absolute Gasteiger partial charge is 0.254 e. The second kappa shape index (κ2) is 7.17. The van der Waals surface area contributed by atoms with Crippen LogP contribution in [0.4, 0.5) is 0 Å². The van der Waals surface area contributed by atoms with E-state index in [2.05, 4.69) is 26.1 Å². The zero-order valence-corrected chi connectivity index (χ0v) is 15.6. The molecule has 0 spiro atoms. The van der Waals surface area contributed by atoms with Crippen LogP contribution in [0.2, 0.25) is 0 Å². The lowest BCUT2D eigenvalue weighted by Crippen LogP contribution is -1.95. The van der Waals surface area contributed by atoms with Crippen LogP contribution in [0.15, 0.2) is 69.6 Å². The monoisotopic (exact) mass is 410 g/mol. The van der Waals surface area contributed by atoms with Gasteiger partial charge in [0.25, 0.3) is 5.89 Å². The molecule has 130 valence electrons. The molecular formula is C20H15BrN2O3. The van der Waals surface area contributed by atoms with Crippen molar-refractivity contribution in [1.29, 1.82) is 0 Å². The van der Waals surface area contributed by atoms with Crippen molar-refractivity contribution in [2.24, 2.45) is 0 Å². The third kappa shape index (κ3) is 3.41. The highest BCUT2D eigenvalue weighted by Gasteiger charge is 2.11. The normalized spacial score (nSPS) is 10.8. The Balaban J connectivity index is 1.51. The van der Waals surface area contributed by atoms with Gasteiger partial charge in [-0.3, -0.25) is 0 Å². The Bertz CT molecular complexity index is 1060. The van der Waals surface area contributed by atoms with Crippen LogP contribution >= 0.6 is 15.9 Å². The van der Waals surface area contributed by atoms with Crippen LogP contribution in [0.3, 0.4) is 0 Å². The number of halogens is 1. The van der Waals surface area contributed by atoms with E-state index in [0.717, 1.165) is 32.3 Å². The number of hydrogen-bond acceptors (Lipinski definition) is 5. The third-order valence-corrected chi connectivity index (χ3v) is 4.64. The average Bonchev–Trinajstić information content (AvgIpc) is 3.15. The zero-order chi connectivity index (χ0) is 17.9. The van der Waals surface area contributed by atoms with Crippen LogP contribution in [0.25, 0.3) is 22.2 Å². The molecule has 0 N–H and O–H groups in total. The molecule has 3 aromatic carbocycles. The summed E-state index contributed by atoms with van der Waals surface area (Å²) in [4.78, 5) is 0. The molecule has 0 saturated carbocycles. The largest absolute Gasteiger partial charge is 0.497 e. The minimum Gasteiger partial charge on any atom is -0.497 e. The molecular weight excluding hydrogens is 396 g/mol. The summed E-state index contributed by atoms with van der Waals surface area (Å²) in [6, 6.07) is 19.5. The molecule has 4 rings (SSSR count). The standard InChI is InChI=1S/C20H15BrN2O3/c1-24-15-8-6-13-7-9-16(11-14(13)10-15)25-12-19-22-23-20(26-19)17-4-2-3-5-18(17)21/h2-11H,12H2,1H3. The van der Waals surface area contributed by atoms with Crippen LogP contribution in [-0.2, 0) is 6.61 Å². The van der Waals surface area contributed by atoms with Crippen LogP contribution in [0, 0.1) is 0 Å². The van der Waals surface area contributed by atoms with Crippen molar-refractivity contribution in [2.45, 2.75) is 6.61 Å². The fourth-order valence-electron chi connectivity index (χ4n) is 2.62. The van der Waals surface area contributed by atoms with Crippen molar-refractivity contribution in [3.8, 4) is 23.0 Å². The van der Waals surface area contributed by atoms with Crippen LogP contribution in [0.5, 0.6) is 11.5 Å². The second-order valence-corrected chi connectivity index (χ2v) is 6.50. The molecule has 1 aromatic heterocycles. The number of benzene rings is 3. The molecule has 0 amide bonds. The number of hydrogen-bond donors (Lipinski definition) is 0. The maximum atomic E-state index is 5.80. The number of nitrogens with zero attached hydrogens (tertiary/aromatic N) is 2. The van der Waals surface area contributed by atoms with E-state index in [1.165, 1.54) is 0 Å². The van der Waals surface area contributed by atoms with Gasteiger partial charge in [-0.1, -0.05) is 24.3 Å². The molecule has 0 bridgehead atoms. The van der Waals surface area contributed by atoms with E-state index in [-0.39, 0.29) is 6.61 Å². The van der Waals surface area contributed by atoms with E-state index in [9.17, 15) is 0 Å². The van der Waals surface area contributed by atoms with Crippen molar-refractivity contribution in [3.63, 3.8) is 0 Å². The molecule has 5 nitrogen and oxygen atoms in total. The number of methoxy groups -OCH3 is 1. The molecule has 0 aliphatic heterocycles. The Labute approximate surface area is 158 Å². The Kier molecular flexibility index (Phi) is 4.58. The van der Waals surface area contributed by atoms with Gasteiger partial charge in [0, 0.05) is 4.47 Å². The first-order chi connectivity index (χ1) is 12.7. The number of aromatic nitrogens is 2. The van der Waals surface area contributed by atoms with Crippen LogP contribution < -0.4 is 9.47 Å². The first-order valence-corrected chi connectivity index (χ1v) is 8.80. The molecule has 0 saturated heterocycles. The predicted octanol–water partition coefficient (Wildman–Crippen LogP) is 5.24. The molecule has 26 heavy (non-hydrogen) atoms. The van der Waals surface area contributed by atoms with E-state index in [1.54, 1.807) is 7.11 Å². The molecule has 0 fully saturated rings. The number of rotatable bonds is 5.